The van der Waals surface area contributed by atoms with Crippen LogP contribution in [0.2, 0.25) is 18.1 Å². The van der Waals surface area contributed by atoms with Crippen LogP contribution in [0.25, 0.3) is 0 Å². The highest BCUT2D eigenvalue weighted by Gasteiger charge is 2.36. The second-order valence-corrected chi connectivity index (χ2v) is 10.6. The lowest BCUT2D eigenvalue weighted by atomic mass is 10.2. The first-order valence-corrected chi connectivity index (χ1v) is 8.72. The van der Waals surface area contributed by atoms with Gasteiger partial charge in [-0.1, -0.05) is 32.8 Å². The van der Waals surface area contributed by atoms with Crippen molar-refractivity contribution in [3.63, 3.8) is 0 Å². The molecule has 0 fully saturated rings. The maximum absolute atomic E-state index is 6.10. The van der Waals surface area contributed by atoms with E-state index in [4.69, 9.17) is 10.8 Å². The third kappa shape index (κ3) is 3.69. The van der Waals surface area contributed by atoms with Crippen molar-refractivity contribution in [3.05, 3.63) is 29.6 Å². The minimum atomic E-state index is -1.68. The normalized spacial score (nSPS) is 12.2. The first-order valence-electron chi connectivity index (χ1n) is 5.82. The van der Waals surface area contributed by atoms with Crippen molar-refractivity contribution in [1.82, 2.24) is 4.98 Å². The zero-order valence-corrected chi connectivity index (χ0v) is 12.4. The molecular weight excluding hydrogens is 226 g/mol. The second kappa shape index (κ2) is 5.03. The summed E-state index contributed by atoms with van der Waals surface area (Å²) in [6, 6.07) is 3.83. The van der Waals surface area contributed by atoms with Crippen LogP contribution in [0.5, 0.6) is 0 Å². The van der Waals surface area contributed by atoms with Crippen LogP contribution in [-0.2, 0) is 11.0 Å². The molecule has 0 aliphatic heterocycles. The largest absolute Gasteiger partial charge is 0.413 e. The number of hydrogen-bond donors (Lipinski definition) is 0. The van der Waals surface area contributed by atoms with E-state index in [1.54, 1.807) is 6.20 Å². The van der Waals surface area contributed by atoms with E-state index in [-0.39, 0.29) is 5.04 Å². The monoisotopic (exact) mass is 247 g/mol. The molecule has 0 atom stereocenters. The molecule has 1 aromatic rings. The molecule has 0 amide bonds. The number of pyridine rings is 1. The van der Waals surface area contributed by atoms with Gasteiger partial charge in [-0.3, -0.25) is 0 Å². The van der Waals surface area contributed by atoms with E-state index in [1.807, 2.05) is 12.1 Å². The highest BCUT2D eigenvalue weighted by molar-refractivity contribution is 6.74. The molecule has 0 bridgehead atoms. The maximum Gasteiger partial charge on any atom is 0.192 e. The van der Waals surface area contributed by atoms with Crippen LogP contribution in [0.3, 0.4) is 0 Å². The van der Waals surface area contributed by atoms with Crippen molar-refractivity contribution in [2.24, 2.45) is 0 Å². The summed E-state index contributed by atoms with van der Waals surface area (Å²) in [4.78, 5) is 4.16. The lowest BCUT2D eigenvalue weighted by Crippen LogP contribution is -2.40. The van der Waals surface area contributed by atoms with Gasteiger partial charge in [-0.15, -0.1) is 6.42 Å². The Hall–Kier alpha value is -1.11. The zero-order chi connectivity index (χ0) is 13.1. The van der Waals surface area contributed by atoms with Gasteiger partial charge in [0.15, 0.2) is 8.32 Å². The van der Waals surface area contributed by atoms with Crippen molar-refractivity contribution < 1.29 is 4.43 Å². The molecular formula is C14H21NOSi. The molecule has 0 saturated carbocycles. The number of terminal acetylenes is 1. The third-order valence-corrected chi connectivity index (χ3v) is 7.86. The SMILES string of the molecule is C#Cc1ccc(CO[Si](C)(C)C(C)(C)C)cn1. The zero-order valence-electron chi connectivity index (χ0n) is 11.4. The molecule has 0 aliphatic rings. The molecule has 1 rings (SSSR count). The Bertz CT molecular complexity index is 409. The van der Waals surface area contributed by atoms with Crippen molar-refractivity contribution >= 4 is 8.32 Å². The molecule has 2 nitrogen and oxygen atoms in total. The van der Waals surface area contributed by atoms with Gasteiger partial charge in [0.25, 0.3) is 0 Å². The highest BCUT2D eigenvalue weighted by atomic mass is 28.4. The van der Waals surface area contributed by atoms with Crippen LogP contribution < -0.4 is 0 Å². The Kier molecular flexibility index (Phi) is 4.13. The lowest BCUT2D eigenvalue weighted by Gasteiger charge is -2.36. The maximum atomic E-state index is 6.10. The standard InChI is InChI=1S/C14H21NOSi/c1-7-13-9-8-12(10-15-13)11-16-17(5,6)14(2,3)4/h1,8-10H,11H2,2-6H3. The van der Waals surface area contributed by atoms with E-state index in [0.717, 1.165) is 5.56 Å². The van der Waals surface area contributed by atoms with Crippen LogP contribution in [0.15, 0.2) is 18.3 Å². The predicted molar refractivity (Wildman–Crippen MR) is 74.2 cm³/mol. The number of hydrogen-bond acceptors (Lipinski definition) is 2. The summed E-state index contributed by atoms with van der Waals surface area (Å²) in [5.74, 6) is 2.51. The van der Waals surface area contributed by atoms with E-state index < -0.39 is 8.32 Å². The molecule has 1 heterocycles. The molecule has 0 aromatic carbocycles. The summed E-state index contributed by atoms with van der Waals surface area (Å²) in [5.41, 5.74) is 1.75. The van der Waals surface area contributed by atoms with Crippen LogP contribution in [0.4, 0.5) is 0 Å². The van der Waals surface area contributed by atoms with E-state index in [0.29, 0.717) is 12.3 Å². The smallest absolute Gasteiger partial charge is 0.192 e. The van der Waals surface area contributed by atoms with E-state index >= 15 is 0 Å². The molecule has 17 heavy (non-hydrogen) atoms. The molecule has 0 radical (unpaired) electrons. The van der Waals surface area contributed by atoms with Gasteiger partial charge >= 0.3 is 0 Å². The van der Waals surface area contributed by atoms with Crippen LogP contribution in [0.1, 0.15) is 32.0 Å². The van der Waals surface area contributed by atoms with Crippen molar-refractivity contribution in [3.8, 4) is 12.3 Å². The van der Waals surface area contributed by atoms with E-state index in [1.165, 1.54) is 0 Å². The number of nitrogens with zero attached hydrogens (tertiary/aromatic N) is 1. The summed E-state index contributed by atoms with van der Waals surface area (Å²) < 4.78 is 6.10. The van der Waals surface area contributed by atoms with E-state index in [9.17, 15) is 0 Å². The fourth-order valence-electron chi connectivity index (χ4n) is 1.08. The van der Waals surface area contributed by atoms with Gasteiger partial charge in [0.05, 0.1) is 6.61 Å². The minimum absolute atomic E-state index is 0.235. The summed E-state index contributed by atoms with van der Waals surface area (Å²) >= 11 is 0. The number of rotatable bonds is 3. The fraction of sp³-hybridized carbons (Fsp3) is 0.500. The van der Waals surface area contributed by atoms with Crippen LogP contribution >= 0.6 is 0 Å². The highest BCUT2D eigenvalue weighted by Crippen LogP contribution is 2.36. The van der Waals surface area contributed by atoms with Gasteiger partial charge < -0.3 is 4.43 Å². The Morgan fingerprint density at radius 2 is 2.00 bits per heavy atom. The lowest BCUT2D eigenvalue weighted by molar-refractivity contribution is 0.276. The Morgan fingerprint density at radius 3 is 2.41 bits per heavy atom. The van der Waals surface area contributed by atoms with Gasteiger partial charge in [-0.05, 0) is 29.8 Å². The summed E-state index contributed by atoms with van der Waals surface area (Å²) in [6.45, 7) is 11.8. The molecule has 1 aromatic heterocycles. The average Bonchev–Trinajstić information content (AvgIpc) is 2.25. The Labute approximate surface area is 106 Å². The van der Waals surface area contributed by atoms with Crippen molar-refractivity contribution in [2.45, 2.75) is 45.5 Å². The second-order valence-electron chi connectivity index (χ2n) is 5.75. The molecule has 0 N–H and O–H groups in total. The van der Waals surface area contributed by atoms with Gasteiger partial charge in [0.2, 0.25) is 0 Å². The van der Waals surface area contributed by atoms with Gasteiger partial charge in [0, 0.05) is 6.20 Å². The van der Waals surface area contributed by atoms with Crippen LogP contribution in [-0.4, -0.2) is 13.3 Å². The van der Waals surface area contributed by atoms with Crippen molar-refractivity contribution in [1.29, 1.82) is 0 Å². The van der Waals surface area contributed by atoms with Crippen molar-refractivity contribution in [2.75, 3.05) is 0 Å². The topological polar surface area (TPSA) is 22.1 Å². The molecule has 3 heteroatoms. The first-order chi connectivity index (χ1) is 7.76. The van der Waals surface area contributed by atoms with Gasteiger partial charge in [-0.2, -0.15) is 0 Å². The Balaban J connectivity index is 2.65. The fourth-order valence-corrected chi connectivity index (χ4v) is 2.04. The molecule has 0 unspecified atom stereocenters. The molecule has 0 aliphatic carbocycles. The summed E-state index contributed by atoms with van der Waals surface area (Å²) in [6.07, 6.45) is 7.06. The third-order valence-electron chi connectivity index (χ3n) is 3.38. The van der Waals surface area contributed by atoms with E-state index in [2.05, 4.69) is 44.8 Å². The molecule has 0 spiro atoms. The predicted octanol–water partition coefficient (Wildman–Crippen LogP) is 3.58. The first kappa shape index (κ1) is 13.9. The minimum Gasteiger partial charge on any atom is -0.413 e. The quantitative estimate of drug-likeness (QED) is 0.601. The van der Waals surface area contributed by atoms with Crippen LogP contribution in [0, 0.1) is 12.3 Å². The molecule has 0 saturated heterocycles. The average molecular weight is 247 g/mol. The summed E-state index contributed by atoms with van der Waals surface area (Å²) in [5, 5.41) is 0.235. The van der Waals surface area contributed by atoms with Gasteiger partial charge in [0.1, 0.15) is 5.69 Å². The molecule has 92 valence electrons. The van der Waals surface area contributed by atoms with Gasteiger partial charge in [-0.25, -0.2) is 4.98 Å². The Morgan fingerprint density at radius 1 is 1.35 bits per heavy atom. The number of aromatic nitrogens is 1. The summed E-state index contributed by atoms with van der Waals surface area (Å²) in [7, 11) is -1.68.